The molecule has 1 amide bonds. The zero-order valence-electron chi connectivity index (χ0n) is 20.3. The fourth-order valence-corrected chi connectivity index (χ4v) is 4.88. The van der Waals surface area contributed by atoms with Gasteiger partial charge in [-0.1, -0.05) is 61.5 Å². The molecule has 1 aromatic heterocycles. The molecule has 0 bridgehead atoms. The smallest absolute Gasteiger partial charge is 0.295 e. The summed E-state index contributed by atoms with van der Waals surface area (Å²) in [5.74, 6) is -0.670. The van der Waals surface area contributed by atoms with Crippen molar-refractivity contribution in [3.8, 4) is 5.75 Å². The number of rotatable bonds is 7. The van der Waals surface area contributed by atoms with Crippen LogP contribution in [0.3, 0.4) is 0 Å². The number of H-pyrrole nitrogens is 1. The average molecular weight is 481 g/mol. The number of ketones is 1. The van der Waals surface area contributed by atoms with Crippen LogP contribution < -0.4 is 4.74 Å². The van der Waals surface area contributed by atoms with E-state index < -0.39 is 17.7 Å². The molecule has 3 aromatic carbocycles. The van der Waals surface area contributed by atoms with Gasteiger partial charge < -0.3 is 19.7 Å². The van der Waals surface area contributed by atoms with Gasteiger partial charge in [-0.05, 0) is 47.7 Å². The van der Waals surface area contributed by atoms with Crippen LogP contribution in [0.25, 0.3) is 16.7 Å². The molecule has 1 saturated heterocycles. The van der Waals surface area contributed by atoms with Crippen molar-refractivity contribution >= 4 is 28.4 Å². The minimum Gasteiger partial charge on any atom is -0.507 e. The summed E-state index contributed by atoms with van der Waals surface area (Å²) in [5, 5.41) is 12.2. The van der Waals surface area contributed by atoms with Gasteiger partial charge in [0.05, 0.1) is 18.7 Å². The summed E-state index contributed by atoms with van der Waals surface area (Å²) in [6.45, 7) is 2.40. The molecule has 182 valence electrons. The van der Waals surface area contributed by atoms with Gasteiger partial charge >= 0.3 is 0 Å². The normalized spacial score (nSPS) is 17.2. The molecule has 0 saturated carbocycles. The molecule has 0 aliphatic carbocycles. The molecule has 2 N–H and O–H groups in total. The average Bonchev–Trinajstić information content (AvgIpc) is 3.44. The molecule has 1 aliphatic heterocycles. The number of nitrogens with zero attached hydrogens (tertiary/aromatic N) is 1. The molecule has 1 atom stereocenters. The monoisotopic (exact) mass is 480 g/mol. The standard InChI is InChI=1S/C30H28N2O4/c1-3-19-9-11-20(12-10-19)27-26(28(33)21-7-5-4-6-8-21)29(34)30(35)32(27)16-15-22-18-31-25-14-13-23(36-2)17-24(22)25/h4-14,17-18,27,31,33H,3,15-16H2,1-2H3/b28-26-. The van der Waals surface area contributed by atoms with Gasteiger partial charge in [-0.25, -0.2) is 0 Å². The van der Waals surface area contributed by atoms with Gasteiger partial charge in [-0.15, -0.1) is 0 Å². The number of aryl methyl sites for hydroxylation is 1. The quantitative estimate of drug-likeness (QED) is 0.211. The number of aliphatic hydroxyl groups is 1. The Kier molecular flexibility index (Phi) is 6.34. The summed E-state index contributed by atoms with van der Waals surface area (Å²) < 4.78 is 5.37. The van der Waals surface area contributed by atoms with Crippen molar-refractivity contribution in [2.45, 2.75) is 25.8 Å². The SMILES string of the molecule is CCc1ccc(C2/C(=C(/O)c3ccccc3)C(=O)C(=O)N2CCc2c[nH]c3ccc(OC)cc23)cc1. The maximum atomic E-state index is 13.3. The first-order valence-electron chi connectivity index (χ1n) is 12.1. The van der Waals surface area contributed by atoms with Crippen molar-refractivity contribution in [3.63, 3.8) is 0 Å². The first-order chi connectivity index (χ1) is 17.5. The van der Waals surface area contributed by atoms with Crippen LogP contribution in [-0.2, 0) is 22.4 Å². The Balaban J connectivity index is 1.55. The number of hydrogen-bond donors (Lipinski definition) is 2. The molecule has 0 spiro atoms. The largest absolute Gasteiger partial charge is 0.507 e. The third-order valence-electron chi connectivity index (χ3n) is 6.89. The highest BCUT2D eigenvalue weighted by Crippen LogP contribution is 2.39. The highest BCUT2D eigenvalue weighted by Gasteiger charge is 2.45. The Hall–Kier alpha value is -4.32. The van der Waals surface area contributed by atoms with Crippen LogP contribution in [0.5, 0.6) is 5.75 Å². The van der Waals surface area contributed by atoms with E-state index in [1.54, 1.807) is 36.3 Å². The Morgan fingerprint density at radius 1 is 1.03 bits per heavy atom. The van der Waals surface area contributed by atoms with E-state index in [1.165, 1.54) is 0 Å². The highest BCUT2D eigenvalue weighted by molar-refractivity contribution is 6.46. The minimum absolute atomic E-state index is 0.121. The van der Waals surface area contributed by atoms with Crippen LogP contribution in [0.1, 0.15) is 35.2 Å². The number of ether oxygens (including phenoxy) is 1. The maximum absolute atomic E-state index is 13.3. The third-order valence-corrected chi connectivity index (χ3v) is 6.89. The topological polar surface area (TPSA) is 82.6 Å². The number of fused-ring (bicyclic) bond motifs is 1. The number of carbonyl (C=O) groups excluding carboxylic acids is 2. The van der Waals surface area contributed by atoms with Gasteiger partial charge in [0.1, 0.15) is 11.5 Å². The predicted octanol–water partition coefficient (Wildman–Crippen LogP) is 5.40. The number of benzene rings is 3. The second-order valence-electron chi connectivity index (χ2n) is 8.93. The lowest BCUT2D eigenvalue weighted by atomic mass is 9.94. The number of methoxy groups -OCH3 is 1. The molecule has 2 heterocycles. The predicted molar refractivity (Wildman–Crippen MR) is 140 cm³/mol. The van der Waals surface area contributed by atoms with E-state index in [0.29, 0.717) is 18.5 Å². The molecule has 6 nitrogen and oxygen atoms in total. The maximum Gasteiger partial charge on any atom is 0.295 e. The Bertz CT molecular complexity index is 1450. The van der Waals surface area contributed by atoms with Crippen molar-refractivity contribution in [1.82, 2.24) is 9.88 Å². The van der Waals surface area contributed by atoms with Gasteiger partial charge in [-0.3, -0.25) is 9.59 Å². The van der Waals surface area contributed by atoms with Crippen LogP contribution in [0.2, 0.25) is 0 Å². The molecule has 1 aliphatic rings. The number of aromatic nitrogens is 1. The molecule has 1 fully saturated rings. The van der Waals surface area contributed by atoms with E-state index in [9.17, 15) is 14.7 Å². The zero-order chi connectivity index (χ0) is 25.2. The molecule has 5 rings (SSSR count). The van der Waals surface area contributed by atoms with Crippen LogP contribution in [0.15, 0.2) is 84.6 Å². The number of likely N-dealkylation sites (tertiary alicyclic amines) is 1. The van der Waals surface area contributed by atoms with Crippen molar-refractivity contribution in [1.29, 1.82) is 0 Å². The van der Waals surface area contributed by atoms with E-state index in [0.717, 1.165) is 39.8 Å². The number of aliphatic hydroxyl groups excluding tert-OH is 1. The molecule has 36 heavy (non-hydrogen) atoms. The zero-order valence-corrected chi connectivity index (χ0v) is 20.3. The van der Waals surface area contributed by atoms with E-state index in [4.69, 9.17) is 4.74 Å². The van der Waals surface area contributed by atoms with Crippen molar-refractivity contribution in [3.05, 3.63) is 107 Å². The Morgan fingerprint density at radius 3 is 2.47 bits per heavy atom. The van der Waals surface area contributed by atoms with Crippen molar-refractivity contribution < 1.29 is 19.4 Å². The summed E-state index contributed by atoms with van der Waals surface area (Å²) in [6, 6.07) is 21.9. The molecule has 4 aromatic rings. The Morgan fingerprint density at radius 2 is 1.78 bits per heavy atom. The van der Waals surface area contributed by atoms with Gasteiger partial charge in [0.15, 0.2) is 0 Å². The number of aromatic amines is 1. The second kappa shape index (κ2) is 9.74. The van der Waals surface area contributed by atoms with Gasteiger partial charge in [0, 0.05) is 29.2 Å². The van der Waals surface area contributed by atoms with Crippen LogP contribution in [-0.4, -0.2) is 40.3 Å². The summed E-state index contributed by atoms with van der Waals surface area (Å²) in [5.41, 5.74) is 4.58. The van der Waals surface area contributed by atoms with Crippen molar-refractivity contribution in [2.24, 2.45) is 0 Å². The molecule has 6 heteroatoms. The third kappa shape index (κ3) is 4.15. The van der Waals surface area contributed by atoms with Gasteiger partial charge in [0.2, 0.25) is 0 Å². The lowest BCUT2D eigenvalue weighted by molar-refractivity contribution is -0.139. The molecule has 1 unspecified atom stereocenters. The number of carbonyl (C=O) groups is 2. The second-order valence-corrected chi connectivity index (χ2v) is 8.93. The van der Waals surface area contributed by atoms with Crippen LogP contribution in [0.4, 0.5) is 0 Å². The summed E-state index contributed by atoms with van der Waals surface area (Å²) in [6.07, 6.45) is 3.35. The minimum atomic E-state index is -0.671. The van der Waals surface area contributed by atoms with Crippen LogP contribution in [0, 0.1) is 0 Å². The molecular weight excluding hydrogens is 452 g/mol. The first kappa shape index (κ1) is 23.4. The Labute approximate surface area is 209 Å². The van der Waals surface area contributed by atoms with E-state index in [1.807, 2.05) is 54.7 Å². The van der Waals surface area contributed by atoms with Gasteiger partial charge in [-0.2, -0.15) is 0 Å². The number of nitrogens with one attached hydrogen (secondary N) is 1. The van der Waals surface area contributed by atoms with E-state index in [2.05, 4.69) is 11.9 Å². The number of Topliss-reactive ketones (excluding diaryl/α,β-unsaturated/α-hetero) is 1. The lowest BCUT2D eigenvalue weighted by Crippen LogP contribution is -2.31. The van der Waals surface area contributed by atoms with E-state index >= 15 is 0 Å². The highest BCUT2D eigenvalue weighted by atomic mass is 16.5. The summed E-state index contributed by atoms with van der Waals surface area (Å²) in [4.78, 5) is 31.4. The fourth-order valence-electron chi connectivity index (χ4n) is 4.88. The molecular formula is C30H28N2O4. The van der Waals surface area contributed by atoms with Crippen molar-refractivity contribution in [2.75, 3.05) is 13.7 Å². The van der Waals surface area contributed by atoms with Gasteiger partial charge in [0.25, 0.3) is 11.7 Å². The first-order valence-corrected chi connectivity index (χ1v) is 12.1. The summed E-state index contributed by atoms with van der Waals surface area (Å²) in [7, 11) is 1.63. The van der Waals surface area contributed by atoms with Crippen LogP contribution >= 0.6 is 0 Å². The number of amides is 1. The fraction of sp³-hybridized carbons (Fsp3) is 0.200. The number of hydrogen-bond acceptors (Lipinski definition) is 4. The lowest BCUT2D eigenvalue weighted by Gasteiger charge is -2.25. The van der Waals surface area contributed by atoms with E-state index in [-0.39, 0.29) is 11.3 Å². The molecule has 0 radical (unpaired) electrons. The summed E-state index contributed by atoms with van der Waals surface area (Å²) >= 11 is 0.